The van der Waals surface area contributed by atoms with Gasteiger partial charge in [0.1, 0.15) is 21.2 Å². The van der Waals surface area contributed by atoms with E-state index in [-0.39, 0.29) is 17.2 Å². The summed E-state index contributed by atoms with van der Waals surface area (Å²) >= 11 is 1.30. The first-order valence-electron chi connectivity index (χ1n) is 8.37. The molecule has 4 rings (SSSR count). The molecule has 0 spiro atoms. The van der Waals surface area contributed by atoms with E-state index in [1.54, 1.807) is 32.2 Å². The van der Waals surface area contributed by atoms with Gasteiger partial charge in [-0.2, -0.15) is 0 Å². The number of hydrogen-bond donors (Lipinski definition) is 1. The molecule has 1 amide bonds. The number of rotatable bonds is 3. The maximum absolute atomic E-state index is 12.8. The van der Waals surface area contributed by atoms with Crippen molar-refractivity contribution in [2.45, 2.75) is 13.8 Å². The summed E-state index contributed by atoms with van der Waals surface area (Å²) in [5.74, 6) is -0.356. The fourth-order valence-electron chi connectivity index (χ4n) is 2.83. The summed E-state index contributed by atoms with van der Waals surface area (Å²) in [4.78, 5) is 34.9. The number of nitrogens with zero attached hydrogens (tertiary/aromatic N) is 3. The highest BCUT2D eigenvalue weighted by Gasteiger charge is 2.19. The average Bonchev–Trinajstić information content (AvgIpc) is 3.07. The van der Waals surface area contributed by atoms with Gasteiger partial charge < -0.3 is 5.32 Å². The second-order valence-electron chi connectivity index (χ2n) is 6.06. The van der Waals surface area contributed by atoms with Gasteiger partial charge in [0.05, 0.1) is 11.4 Å². The van der Waals surface area contributed by atoms with Crippen LogP contribution in [0.5, 0.6) is 0 Å². The smallest absolute Gasteiger partial charge is 0.281 e. The summed E-state index contributed by atoms with van der Waals surface area (Å²) in [6.45, 7) is 3.50. The van der Waals surface area contributed by atoms with Crippen molar-refractivity contribution in [2.75, 3.05) is 5.32 Å². The number of hydrogen-bond acceptors (Lipinski definition) is 5. The van der Waals surface area contributed by atoms with Crippen LogP contribution in [0.4, 0.5) is 5.69 Å². The summed E-state index contributed by atoms with van der Waals surface area (Å²) in [7, 11) is 0. The number of fused-ring (bicyclic) bond motifs is 1. The molecule has 1 aromatic carbocycles. The van der Waals surface area contributed by atoms with Crippen molar-refractivity contribution < 1.29 is 4.79 Å². The molecular formula is C20H16N4O2S. The van der Waals surface area contributed by atoms with Gasteiger partial charge >= 0.3 is 0 Å². The molecule has 3 aromatic heterocycles. The van der Waals surface area contributed by atoms with Crippen LogP contribution in [-0.2, 0) is 0 Å². The van der Waals surface area contributed by atoms with Crippen molar-refractivity contribution >= 4 is 28.6 Å². The van der Waals surface area contributed by atoms with Crippen LogP contribution >= 0.6 is 11.3 Å². The van der Waals surface area contributed by atoms with Crippen LogP contribution < -0.4 is 10.9 Å². The van der Waals surface area contributed by atoms with Gasteiger partial charge in [0.2, 0.25) is 0 Å². The molecule has 1 N–H and O–H groups in total. The number of aromatic nitrogens is 3. The number of amides is 1. The van der Waals surface area contributed by atoms with Crippen LogP contribution in [0.2, 0.25) is 0 Å². The molecule has 0 atom stereocenters. The van der Waals surface area contributed by atoms with Crippen LogP contribution in [0, 0.1) is 13.8 Å². The third-order valence-corrected chi connectivity index (χ3v) is 5.38. The first-order chi connectivity index (χ1) is 13.0. The molecular weight excluding hydrogens is 360 g/mol. The zero-order chi connectivity index (χ0) is 19.0. The van der Waals surface area contributed by atoms with Crippen LogP contribution in [0.3, 0.4) is 0 Å². The Labute approximate surface area is 159 Å². The van der Waals surface area contributed by atoms with Crippen LogP contribution in [0.25, 0.3) is 16.2 Å². The minimum absolute atomic E-state index is 0.178. The van der Waals surface area contributed by atoms with E-state index < -0.39 is 0 Å². The normalized spacial score (nSPS) is 10.9. The Kier molecular flexibility index (Phi) is 4.29. The predicted octanol–water partition coefficient (Wildman–Crippen LogP) is 3.69. The number of pyridine rings is 1. The SMILES string of the molecule is Cc1nc(-c2ccccc2)sc1C(=O)Nc1c(C)nc2ccccn2c1=O. The highest BCUT2D eigenvalue weighted by molar-refractivity contribution is 7.17. The predicted molar refractivity (Wildman–Crippen MR) is 106 cm³/mol. The van der Waals surface area contributed by atoms with E-state index in [0.717, 1.165) is 10.6 Å². The molecule has 134 valence electrons. The Hall–Kier alpha value is -3.32. The van der Waals surface area contributed by atoms with Crippen LogP contribution in [0.15, 0.2) is 59.5 Å². The van der Waals surface area contributed by atoms with E-state index in [4.69, 9.17) is 0 Å². The Morgan fingerprint density at radius 1 is 1.00 bits per heavy atom. The highest BCUT2D eigenvalue weighted by Crippen LogP contribution is 2.28. The van der Waals surface area contributed by atoms with Gasteiger partial charge in [-0.15, -0.1) is 11.3 Å². The van der Waals surface area contributed by atoms with E-state index in [1.165, 1.54) is 15.7 Å². The Bertz CT molecular complexity index is 1210. The second-order valence-corrected chi connectivity index (χ2v) is 7.06. The minimum atomic E-state index is -0.356. The Morgan fingerprint density at radius 2 is 1.74 bits per heavy atom. The summed E-state index contributed by atoms with van der Waals surface area (Å²) < 4.78 is 1.41. The molecule has 0 aliphatic rings. The van der Waals surface area contributed by atoms with Crippen LogP contribution in [0.1, 0.15) is 21.1 Å². The van der Waals surface area contributed by atoms with Crippen molar-refractivity contribution in [3.8, 4) is 10.6 Å². The Balaban J connectivity index is 1.70. The third-order valence-electron chi connectivity index (χ3n) is 4.18. The van der Waals surface area contributed by atoms with Crippen molar-refractivity contribution in [3.63, 3.8) is 0 Å². The number of benzene rings is 1. The molecule has 0 bridgehead atoms. The average molecular weight is 376 g/mol. The molecule has 0 fully saturated rings. The summed E-state index contributed by atoms with van der Waals surface area (Å²) in [6, 6.07) is 15.0. The van der Waals surface area contributed by atoms with Crippen molar-refractivity contribution in [1.82, 2.24) is 14.4 Å². The fourth-order valence-corrected chi connectivity index (χ4v) is 3.79. The molecule has 7 heteroatoms. The highest BCUT2D eigenvalue weighted by atomic mass is 32.1. The number of anilines is 1. The number of nitrogens with one attached hydrogen (secondary N) is 1. The topological polar surface area (TPSA) is 76.4 Å². The largest absolute Gasteiger partial charge is 0.315 e. The molecule has 0 saturated carbocycles. The van der Waals surface area contributed by atoms with Crippen molar-refractivity contribution in [2.24, 2.45) is 0 Å². The van der Waals surface area contributed by atoms with E-state index in [2.05, 4.69) is 15.3 Å². The zero-order valence-electron chi connectivity index (χ0n) is 14.8. The molecule has 0 unspecified atom stereocenters. The lowest BCUT2D eigenvalue weighted by Crippen LogP contribution is -2.24. The van der Waals surface area contributed by atoms with Crippen molar-refractivity contribution in [3.05, 3.63) is 81.3 Å². The lowest BCUT2D eigenvalue weighted by atomic mass is 10.2. The molecule has 27 heavy (non-hydrogen) atoms. The summed E-state index contributed by atoms with van der Waals surface area (Å²) in [5.41, 5.74) is 2.47. The quantitative estimate of drug-likeness (QED) is 0.592. The first-order valence-corrected chi connectivity index (χ1v) is 9.18. The van der Waals surface area contributed by atoms with Gasteiger partial charge in [-0.1, -0.05) is 36.4 Å². The van der Waals surface area contributed by atoms with E-state index >= 15 is 0 Å². The molecule has 0 aliphatic heterocycles. The molecule has 4 aromatic rings. The number of thiazole rings is 1. The first kappa shape index (κ1) is 17.1. The van der Waals surface area contributed by atoms with Crippen molar-refractivity contribution in [1.29, 1.82) is 0 Å². The zero-order valence-corrected chi connectivity index (χ0v) is 15.6. The molecule has 3 heterocycles. The number of aryl methyl sites for hydroxylation is 2. The molecule has 0 aliphatic carbocycles. The van der Waals surface area contributed by atoms with Gasteiger partial charge in [0.25, 0.3) is 11.5 Å². The number of carbonyl (C=O) groups excluding carboxylic acids is 1. The summed E-state index contributed by atoms with van der Waals surface area (Å²) in [6.07, 6.45) is 1.63. The standard InChI is InChI=1S/C20H16N4O2S/c1-12-16(20(26)24-11-7-6-10-15(24)21-12)23-18(25)17-13(2)22-19(27-17)14-8-4-3-5-9-14/h3-11H,1-2H3,(H,23,25). The minimum Gasteiger partial charge on any atom is -0.315 e. The van der Waals surface area contributed by atoms with E-state index in [0.29, 0.717) is 21.9 Å². The maximum atomic E-state index is 12.8. The Morgan fingerprint density at radius 3 is 2.52 bits per heavy atom. The third kappa shape index (κ3) is 3.13. The van der Waals surface area contributed by atoms with Gasteiger partial charge in [0.15, 0.2) is 0 Å². The second kappa shape index (κ2) is 6.77. The summed E-state index contributed by atoms with van der Waals surface area (Å²) in [5, 5.41) is 3.50. The van der Waals surface area contributed by atoms with Gasteiger partial charge in [-0.05, 0) is 26.0 Å². The van der Waals surface area contributed by atoms with Gasteiger partial charge in [-0.3, -0.25) is 14.0 Å². The number of carbonyl (C=O) groups is 1. The van der Waals surface area contributed by atoms with E-state index in [1.807, 2.05) is 36.4 Å². The maximum Gasteiger partial charge on any atom is 0.281 e. The lowest BCUT2D eigenvalue weighted by Gasteiger charge is -2.08. The molecule has 0 radical (unpaired) electrons. The van der Waals surface area contributed by atoms with E-state index in [9.17, 15) is 9.59 Å². The molecule has 6 nitrogen and oxygen atoms in total. The monoisotopic (exact) mass is 376 g/mol. The van der Waals surface area contributed by atoms with Crippen LogP contribution in [-0.4, -0.2) is 20.3 Å². The van der Waals surface area contributed by atoms with Gasteiger partial charge in [-0.25, -0.2) is 9.97 Å². The van der Waals surface area contributed by atoms with Gasteiger partial charge in [0, 0.05) is 11.8 Å². The lowest BCUT2D eigenvalue weighted by molar-refractivity contribution is 0.102. The molecule has 0 saturated heterocycles. The fraction of sp³-hybridized carbons (Fsp3) is 0.100.